The van der Waals surface area contributed by atoms with Crippen molar-refractivity contribution in [2.24, 2.45) is 4.99 Å². The van der Waals surface area contributed by atoms with Crippen molar-refractivity contribution in [3.63, 3.8) is 0 Å². The van der Waals surface area contributed by atoms with Crippen molar-refractivity contribution in [1.82, 2.24) is 14.0 Å². The van der Waals surface area contributed by atoms with Gasteiger partial charge in [-0.1, -0.05) is 31.2 Å². The van der Waals surface area contributed by atoms with Crippen LogP contribution in [0.3, 0.4) is 0 Å². The van der Waals surface area contributed by atoms with Crippen molar-refractivity contribution in [2.75, 3.05) is 6.61 Å². The second kappa shape index (κ2) is 8.97. The summed E-state index contributed by atoms with van der Waals surface area (Å²) in [5.41, 5.74) is 1.06. The first-order chi connectivity index (χ1) is 15.5. The third-order valence-electron chi connectivity index (χ3n) is 4.96. The first-order valence-electron chi connectivity index (χ1n) is 10.4. The molecule has 162 valence electrons. The van der Waals surface area contributed by atoms with E-state index in [0.29, 0.717) is 29.8 Å². The number of hydrogen-bond donors (Lipinski definition) is 0. The highest BCUT2D eigenvalue weighted by Crippen LogP contribution is 2.12. The zero-order chi connectivity index (χ0) is 22.7. The van der Waals surface area contributed by atoms with Crippen LogP contribution in [0.5, 0.6) is 0 Å². The van der Waals surface area contributed by atoms with Gasteiger partial charge < -0.3 is 9.30 Å². The normalized spacial score (nSPS) is 11.8. The number of fused-ring (bicyclic) bond motifs is 2. The topological polar surface area (TPSA) is 95.0 Å². The van der Waals surface area contributed by atoms with Gasteiger partial charge >= 0.3 is 5.97 Å². The molecule has 3 heterocycles. The smallest absolute Gasteiger partial charge is 0.341 e. The highest BCUT2D eigenvalue weighted by Gasteiger charge is 2.20. The number of benzene rings is 1. The Balaban J connectivity index is 2.13. The number of nitrogens with zero attached hydrogens (tertiary/aromatic N) is 4. The van der Waals surface area contributed by atoms with E-state index in [9.17, 15) is 14.4 Å². The van der Waals surface area contributed by atoms with Gasteiger partial charge in [-0.3, -0.25) is 14.0 Å². The van der Waals surface area contributed by atoms with Crippen molar-refractivity contribution in [1.29, 1.82) is 0 Å². The lowest BCUT2D eigenvalue weighted by atomic mass is 10.2. The van der Waals surface area contributed by atoms with Gasteiger partial charge in [0.25, 0.3) is 11.5 Å². The number of hydrogen-bond acceptors (Lipinski definition) is 5. The summed E-state index contributed by atoms with van der Waals surface area (Å²) in [4.78, 5) is 47.8. The summed E-state index contributed by atoms with van der Waals surface area (Å²) >= 11 is 0. The number of amides is 1. The minimum Gasteiger partial charge on any atom is -0.462 e. The Morgan fingerprint density at radius 3 is 2.53 bits per heavy atom. The minimum atomic E-state index is -0.656. The molecule has 0 saturated heterocycles. The molecule has 0 radical (unpaired) electrons. The molecule has 0 N–H and O–H groups in total. The Morgan fingerprint density at radius 1 is 1.06 bits per heavy atom. The Morgan fingerprint density at radius 2 is 1.81 bits per heavy atom. The molecule has 0 unspecified atom stereocenters. The Labute approximate surface area is 183 Å². The van der Waals surface area contributed by atoms with Crippen LogP contribution in [0.15, 0.2) is 70.6 Å². The lowest BCUT2D eigenvalue weighted by Crippen LogP contribution is -2.32. The average Bonchev–Trinajstić information content (AvgIpc) is 2.81. The summed E-state index contributed by atoms with van der Waals surface area (Å²) in [6.07, 6.45) is 2.29. The number of carbonyl (C=O) groups is 2. The van der Waals surface area contributed by atoms with Crippen molar-refractivity contribution < 1.29 is 14.3 Å². The molecule has 0 aliphatic heterocycles. The zero-order valence-corrected chi connectivity index (χ0v) is 17.8. The number of esters is 1. The predicted octanol–water partition coefficient (Wildman–Crippen LogP) is 2.98. The lowest BCUT2D eigenvalue weighted by Gasteiger charge is -2.14. The van der Waals surface area contributed by atoms with E-state index in [1.54, 1.807) is 66.2 Å². The highest BCUT2D eigenvalue weighted by molar-refractivity contribution is 5.97. The van der Waals surface area contributed by atoms with Crippen molar-refractivity contribution in [2.45, 2.75) is 26.8 Å². The fourth-order valence-corrected chi connectivity index (χ4v) is 3.53. The van der Waals surface area contributed by atoms with Gasteiger partial charge in [-0.15, -0.1) is 0 Å². The maximum absolute atomic E-state index is 13.2. The van der Waals surface area contributed by atoms with Crippen LogP contribution in [-0.4, -0.2) is 32.4 Å². The van der Waals surface area contributed by atoms with Crippen LogP contribution in [0, 0.1) is 0 Å². The maximum atomic E-state index is 13.2. The maximum Gasteiger partial charge on any atom is 0.341 e. The van der Waals surface area contributed by atoms with Gasteiger partial charge in [0, 0.05) is 18.3 Å². The molecule has 0 spiro atoms. The first kappa shape index (κ1) is 21.2. The van der Waals surface area contributed by atoms with E-state index in [2.05, 4.69) is 9.98 Å². The summed E-state index contributed by atoms with van der Waals surface area (Å²) in [6, 6.07) is 15.3. The van der Waals surface area contributed by atoms with Gasteiger partial charge in [0.15, 0.2) is 5.49 Å². The Hall–Kier alpha value is -4.07. The van der Waals surface area contributed by atoms with Crippen molar-refractivity contribution >= 4 is 28.6 Å². The van der Waals surface area contributed by atoms with Crippen molar-refractivity contribution in [3.05, 3.63) is 87.8 Å². The third-order valence-corrected chi connectivity index (χ3v) is 4.96. The summed E-state index contributed by atoms with van der Waals surface area (Å²) in [6.45, 7) is 4.19. The van der Waals surface area contributed by atoms with E-state index in [-0.39, 0.29) is 28.6 Å². The molecule has 4 rings (SSSR count). The zero-order valence-electron chi connectivity index (χ0n) is 17.8. The molecule has 4 aromatic rings. The fourth-order valence-electron chi connectivity index (χ4n) is 3.53. The number of aromatic nitrogens is 3. The molecule has 8 heteroatoms. The van der Waals surface area contributed by atoms with Crippen LogP contribution in [0.4, 0.5) is 0 Å². The predicted molar refractivity (Wildman–Crippen MR) is 120 cm³/mol. The fraction of sp³-hybridized carbons (Fsp3) is 0.208. The molecule has 0 aliphatic rings. The van der Waals surface area contributed by atoms with Crippen LogP contribution in [0.1, 0.15) is 41.0 Å². The molecule has 0 saturated carbocycles. The van der Waals surface area contributed by atoms with E-state index in [4.69, 9.17) is 4.74 Å². The molecular weight excluding hydrogens is 408 g/mol. The van der Waals surface area contributed by atoms with Gasteiger partial charge in [0.1, 0.15) is 16.9 Å². The van der Waals surface area contributed by atoms with E-state index in [1.807, 2.05) is 6.92 Å². The van der Waals surface area contributed by atoms with Gasteiger partial charge in [0.2, 0.25) is 0 Å². The SMILES string of the molecule is CCCn1c(=NC(=O)c2ccccc2)c(C(=O)OCC)cc2c(=O)n3ccccc3nc21. The van der Waals surface area contributed by atoms with E-state index in [0.717, 1.165) is 0 Å². The minimum absolute atomic E-state index is 0.0480. The number of ether oxygens (including phenoxy) is 1. The van der Waals surface area contributed by atoms with Gasteiger partial charge in [-0.2, -0.15) is 4.99 Å². The molecule has 3 aromatic heterocycles. The highest BCUT2D eigenvalue weighted by atomic mass is 16.5. The van der Waals surface area contributed by atoms with E-state index in [1.165, 1.54) is 10.5 Å². The monoisotopic (exact) mass is 430 g/mol. The van der Waals surface area contributed by atoms with Gasteiger partial charge in [-0.25, -0.2) is 9.78 Å². The average molecular weight is 430 g/mol. The number of rotatable bonds is 5. The number of carbonyl (C=O) groups excluding carboxylic acids is 2. The molecular formula is C24H22N4O4. The molecule has 0 aliphatic carbocycles. The van der Waals surface area contributed by atoms with Crippen LogP contribution in [0.25, 0.3) is 16.7 Å². The summed E-state index contributed by atoms with van der Waals surface area (Å²) in [7, 11) is 0. The van der Waals surface area contributed by atoms with E-state index >= 15 is 0 Å². The third kappa shape index (κ3) is 3.82. The molecule has 8 nitrogen and oxygen atoms in total. The number of pyridine rings is 2. The molecule has 32 heavy (non-hydrogen) atoms. The summed E-state index contributed by atoms with van der Waals surface area (Å²) in [5.74, 6) is -1.16. The van der Waals surface area contributed by atoms with Crippen LogP contribution >= 0.6 is 0 Å². The number of aryl methyl sites for hydroxylation is 1. The summed E-state index contributed by atoms with van der Waals surface area (Å²) < 4.78 is 8.28. The Kier molecular flexibility index (Phi) is 5.93. The molecule has 1 aromatic carbocycles. The first-order valence-corrected chi connectivity index (χ1v) is 10.4. The second-order valence-corrected chi connectivity index (χ2v) is 7.12. The quantitative estimate of drug-likeness (QED) is 0.358. The van der Waals surface area contributed by atoms with Crippen LogP contribution in [0.2, 0.25) is 0 Å². The molecule has 1 amide bonds. The van der Waals surface area contributed by atoms with Crippen molar-refractivity contribution in [3.8, 4) is 0 Å². The van der Waals surface area contributed by atoms with Crippen LogP contribution < -0.4 is 11.0 Å². The van der Waals surface area contributed by atoms with Crippen LogP contribution in [-0.2, 0) is 11.3 Å². The lowest BCUT2D eigenvalue weighted by molar-refractivity contribution is 0.0523. The standard InChI is InChI=1S/C24H22N4O4/c1-3-13-28-20-17(23(30)27-14-9-8-12-19(27)25-20)15-18(24(31)32-4-2)21(28)26-22(29)16-10-6-5-7-11-16/h5-12,14-15H,3-4,13H2,1-2H3. The second-order valence-electron chi connectivity index (χ2n) is 7.12. The molecule has 0 bridgehead atoms. The van der Waals surface area contributed by atoms with E-state index < -0.39 is 11.9 Å². The van der Waals surface area contributed by atoms with Gasteiger partial charge in [0.05, 0.1) is 12.0 Å². The summed E-state index contributed by atoms with van der Waals surface area (Å²) in [5, 5.41) is 0.247. The van der Waals surface area contributed by atoms with Gasteiger partial charge in [-0.05, 0) is 43.7 Å². The molecule has 0 atom stereocenters. The molecule has 0 fully saturated rings. The largest absolute Gasteiger partial charge is 0.462 e. The Bertz CT molecular complexity index is 1450.